The van der Waals surface area contributed by atoms with E-state index in [1.165, 1.54) is 12.0 Å². The minimum absolute atomic E-state index is 0. The second-order valence-corrected chi connectivity index (χ2v) is 6.74. The lowest BCUT2D eigenvalue weighted by atomic mass is 10.1. The molecule has 0 atom stereocenters. The van der Waals surface area contributed by atoms with Crippen molar-refractivity contribution >= 4 is 41.3 Å². The predicted octanol–water partition coefficient (Wildman–Crippen LogP) is 3.84. The van der Waals surface area contributed by atoms with Gasteiger partial charge in [-0.3, -0.25) is 4.99 Å². The van der Waals surface area contributed by atoms with Gasteiger partial charge in [0.15, 0.2) is 17.5 Å². The number of benzene rings is 1. The fraction of sp³-hybridized carbons (Fsp3) is 0.444. The summed E-state index contributed by atoms with van der Waals surface area (Å²) in [5, 5.41) is 7.40. The van der Waals surface area contributed by atoms with Crippen LogP contribution in [0.4, 0.5) is 8.78 Å². The second-order valence-electron chi connectivity index (χ2n) is 5.54. The lowest BCUT2D eigenvalue weighted by Gasteiger charge is -2.13. The van der Waals surface area contributed by atoms with Crippen LogP contribution in [0.1, 0.15) is 22.4 Å². The van der Waals surface area contributed by atoms with Crippen molar-refractivity contribution in [2.75, 3.05) is 20.7 Å². The summed E-state index contributed by atoms with van der Waals surface area (Å²) < 4.78 is 34.5. The molecule has 0 unspecified atom stereocenters. The molecule has 2 N–H and O–H groups in total. The van der Waals surface area contributed by atoms with Crippen LogP contribution < -0.4 is 20.1 Å². The minimum Gasteiger partial charge on any atom is -0.493 e. The Balaban J connectivity index is 0.00000392. The molecule has 1 heterocycles. The van der Waals surface area contributed by atoms with Gasteiger partial charge in [0.2, 0.25) is 0 Å². The standard InChI is InChI=1S/C18H24F2N4O2S.HI/c1-4-13-10-23-16(27-13)11-24-18(21-2)22-8-7-12-5-6-14(25-3)15(9-12)26-17(19)20;/h5-6,9-10,17H,4,7-8,11H2,1-3H3,(H2,21,22,24);1H. The molecular formula is C18H25F2IN4O2S. The van der Waals surface area contributed by atoms with E-state index in [0.717, 1.165) is 17.0 Å². The molecule has 0 saturated heterocycles. The Morgan fingerprint density at radius 3 is 2.68 bits per heavy atom. The first kappa shape index (κ1) is 24.3. The van der Waals surface area contributed by atoms with E-state index in [2.05, 4.69) is 32.3 Å². The molecule has 0 saturated carbocycles. The van der Waals surface area contributed by atoms with E-state index in [4.69, 9.17) is 4.74 Å². The highest BCUT2D eigenvalue weighted by molar-refractivity contribution is 14.0. The molecule has 0 aliphatic carbocycles. The van der Waals surface area contributed by atoms with Gasteiger partial charge in [-0.1, -0.05) is 13.0 Å². The van der Waals surface area contributed by atoms with E-state index in [1.807, 2.05) is 12.3 Å². The quantitative estimate of drug-likeness (QED) is 0.296. The summed E-state index contributed by atoms with van der Waals surface area (Å²) in [5.41, 5.74) is 0.849. The third-order valence-corrected chi connectivity index (χ3v) is 4.87. The number of aliphatic imine (C=N–C) groups is 1. The Morgan fingerprint density at radius 2 is 2.07 bits per heavy atom. The number of aromatic nitrogens is 1. The summed E-state index contributed by atoms with van der Waals surface area (Å²) in [6.07, 6.45) is 3.48. The number of thiazole rings is 1. The molecule has 2 aromatic rings. The number of guanidine groups is 1. The molecular weight excluding hydrogens is 501 g/mol. The minimum atomic E-state index is -2.89. The largest absolute Gasteiger partial charge is 0.493 e. The van der Waals surface area contributed by atoms with E-state index in [0.29, 0.717) is 25.5 Å². The molecule has 0 radical (unpaired) electrons. The smallest absolute Gasteiger partial charge is 0.387 e. The van der Waals surface area contributed by atoms with E-state index in [9.17, 15) is 8.78 Å². The molecule has 2 rings (SSSR count). The Kier molecular flexibility index (Phi) is 11.0. The zero-order valence-electron chi connectivity index (χ0n) is 16.0. The van der Waals surface area contributed by atoms with Crippen molar-refractivity contribution in [3.63, 3.8) is 0 Å². The molecule has 0 spiro atoms. The van der Waals surface area contributed by atoms with Crippen molar-refractivity contribution in [2.45, 2.75) is 32.9 Å². The summed E-state index contributed by atoms with van der Waals surface area (Å²) in [6.45, 7) is 0.383. The fourth-order valence-electron chi connectivity index (χ4n) is 2.36. The van der Waals surface area contributed by atoms with Gasteiger partial charge in [0.25, 0.3) is 0 Å². The van der Waals surface area contributed by atoms with Crippen LogP contribution in [-0.2, 0) is 19.4 Å². The summed E-state index contributed by atoms with van der Waals surface area (Å²) in [4.78, 5) is 9.78. The lowest BCUT2D eigenvalue weighted by molar-refractivity contribution is -0.0512. The molecule has 1 aromatic carbocycles. The number of nitrogens with one attached hydrogen (secondary N) is 2. The first-order valence-corrected chi connectivity index (χ1v) is 9.37. The molecule has 0 bridgehead atoms. The average Bonchev–Trinajstić information content (AvgIpc) is 3.12. The number of halogens is 3. The molecule has 28 heavy (non-hydrogen) atoms. The molecule has 156 valence electrons. The van der Waals surface area contributed by atoms with Gasteiger partial charge in [0.05, 0.1) is 13.7 Å². The number of hydrogen-bond donors (Lipinski definition) is 2. The summed E-state index contributed by atoms with van der Waals surface area (Å²) >= 11 is 1.67. The van der Waals surface area contributed by atoms with E-state index >= 15 is 0 Å². The highest BCUT2D eigenvalue weighted by Crippen LogP contribution is 2.29. The van der Waals surface area contributed by atoms with Gasteiger partial charge < -0.3 is 20.1 Å². The first-order chi connectivity index (χ1) is 13.0. The van der Waals surface area contributed by atoms with Crippen LogP contribution in [0.25, 0.3) is 0 Å². The van der Waals surface area contributed by atoms with Gasteiger partial charge >= 0.3 is 6.61 Å². The Labute approximate surface area is 184 Å². The number of nitrogens with zero attached hydrogens (tertiary/aromatic N) is 2. The van der Waals surface area contributed by atoms with Gasteiger partial charge in [0, 0.05) is 24.7 Å². The SMILES string of the molecule is CCc1cnc(CNC(=NC)NCCc2ccc(OC)c(OC(F)F)c2)s1.I. The van der Waals surface area contributed by atoms with E-state index in [-0.39, 0.29) is 35.5 Å². The number of ether oxygens (including phenoxy) is 2. The van der Waals surface area contributed by atoms with Crippen molar-refractivity contribution in [1.29, 1.82) is 0 Å². The van der Waals surface area contributed by atoms with Crippen LogP contribution in [-0.4, -0.2) is 38.3 Å². The van der Waals surface area contributed by atoms with Crippen LogP contribution >= 0.6 is 35.3 Å². The topological polar surface area (TPSA) is 67.8 Å². The maximum atomic E-state index is 12.5. The van der Waals surface area contributed by atoms with Crippen molar-refractivity contribution in [1.82, 2.24) is 15.6 Å². The van der Waals surface area contributed by atoms with Gasteiger partial charge in [-0.2, -0.15) is 8.78 Å². The van der Waals surface area contributed by atoms with Crippen LogP contribution in [0.2, 0.25) is 0 Å². The van der Waals surface area contributed by atoms with Crippen molar-refractivity contribution in [2.24, 2.45) is 4.99 Å². The van der Waals surface area contributed by atoms with Crippen LogP contribution in [0.15, 0.2) is 29.4 Å². The molecule has 0 aliphatic heterocycles. The maximum Gasteiger partial charge on any atom is 0.387 e. The van der Waals surface area contributed by atoms with Gasteiger partial charge in [-0.25, -0.2) is 4.98 Å². The molecule has 1 aromatic heterocycles. The number of hydrogen-bond acceptors (Lipinski definition) is 5. The Morgan fingerprint density at radius 1 is 1.29 bits per heavy atom. The molecule has 0 aliphatic rings. The zero-order chi connectivity index (χ0) is 19.6. The van der Waals surface area contributed by atoms with E-state index < -0.39 is 6.61 Å². The highest BCUT2D eigenvalue weighted by atomic mass is 127. The van der Waals surface area contributed by atoms with Crippen molar-refractivity contribution < 1.29 is 18.3 Å². The predicted molar refractivity (Wildman–Crippen MR) is 118 cm³/mol. The lowest BCUT2D eigenvalue weighted by Crippen LogP contribution is -2.37. The number of alkyl halides is 2. The van der Waals surface area contributed by atoms with E-state index in [1.54, 1.807) is 30.5 Å². The molecule has 6 nitrogen and oxygen atoms in total. The summed E-state index contributed by atoms with van der Waals surface area (Å²) in [6, 6.07) is 5.00. The average molecular weight is 526 g/mol. The summed E-state index contributed by atoms with van der Waals surface area (Å²) in [5.74, 6) is 0.961. The molecule has 0 fully saturated rings. The Bertz CT molecular complexity index is 759. The number of rotatable bonds is 9. The van der Waals surface area contributed by atoms with Crippen LogP contribution in [0.5, 0.6) is 11.5 Å². The van der Waals surface area contributed by atoms with Crippen molar-refractivity contribution in [3.8, 4) is 11.5 Å². The number of aryl methyl sites for hydroxylation is 1. The van der Waals surface area contributed by atoms with Crippen LogP contribution in [0.3, 0.4) is 0 Å². The third kappa shape index (κ3) is 7.74. The van der Waals surface area contributed by atoms with Gasteiger partial charge in [0.1, 0.15) is 5.01 Å². The van der Waals surface area contributed by atoms with Crippen molar-refractivity contribution in [3.05, 3.63) is 39.8 Å². The van der Waals surface area contributed by atoms with Gasteiger partial charge in [-0.05, 0) is 30.5 Å². The summed E-state index contributed by atoms with van der Waals surface area (Å²) in [7, 11) is 3.10. The monoisotopic (exact) mass is 526 g/mol. The highest BCUT2D eigenvalue weighted by Gasteiger charge is 2.11. The second kappa shape index (κ2) is 12.7. The third-order valence-electron chi connectivity index (χ3n) is 3.73. The number of methoxy groups -OCH3 is 1. The fourth-order valence-corrected chi connectivity index (χ4v) is 3.17. The first-order valence-electron chi connectivity index (χ1n) is 8.55. The van der Waals surface area contributed by atoms with Gasteiger partial charge in [-0.15, -0.1) is 35.3 Å². The normalized spacial score (nSPS) is 11.1. The molecule has 0 amide bonds. The maximum absolute atomic E-state index is 12.5. The molecule has 10 heteroatoms. The zero-order valence-corrected chi connectivity index (χ0v) is 19.1. The Hall–Kier alpha value is -1.69. The van der Waals surface area contributed by atoms with Crippen LogP contribution in [0, 0.1) is 0 Å².